The molecule has 0 radical (unpaired) electrons. The predicted molar refractivity (Wildman–Crippen MR) is 70.7 cm³/mol. The Bertz CT molecular complexity index is 726. The summed E-state index contributed by atoms with van der Waals surface area (Å²) >= 11 is 1.37. The molecule has 0 saturated carbocycles. The molecule has 20 heavy (non-hydrogen) atoms. The van der Waals surface area contributed by atoms with Crippen LogP contribution in [-0.2, 0) is 11.3 Å². The van der Waals surface area contributed by atoms with E-state index >= 15 is 0 Å². The number of non-ortho nitro benzene ring substituents is 1. The van der Waals surface area contributed by atoms with Gasteiger partial charge in [-0.1, -0.05) is 0 Å². The summed E-state index contributed by atoms with van der Waals surface area (Å²) in [5.41, 5.74) is 1.91. The van der Waals surface area contributed by atoms with Crippen LogP contribution in [0.5, 0.6) is 0 Å². The van der Waals surface area contributed by atoms with Crippen LogP contribution in [0.1, 0.15) is 15.2 Å². The number of nitro benzene ring substituents is 1. The van der Waals surface area contributed by atoms with Crippen LogP contribution in [0.2, 0.25) is 0 Å². The van der Waals surface area contributed by atoms with Crippen LogP contribution in [0.3, 0.4) is 0 Å². The van der Waals surface area contributed by atoms with E-state index < -0.39 is 16.6 Å². The third-order valence-electron chi connectivity index (χ3n) is 2.96. The quantitative estimate of drug-likeness (QED) is 0.487. The van der Waals surface area contributed by atoms with E-state index in [4.69, 9.17) is 0 Å². The molecule has 0 unspecified atom stereocenters. The van der Waals surface area contributed by atoms with Crippen molar-refractivity contribution in [2.45, 2.75) is 6.54 Å². The van der Waals surface area contributed by atoms with E-state index in [1.165, 1.54) is 28.4 Å². The van der Waals surface area contributed by atoms with Gasteiger partial charge in [0.25, 0.3) is 17.4 Å². The summed E-state index contributed by atoms with van der Waals surface area (Å²) in [6, 6.07) is 3.85. The van der Waals surface area contributed by atoms with E-state index in [0.29, 0.717) is 5.69 Å². The Labute approximate surface area is 116 Å². The van der Waals surface area contributed by atoms with Crippen LogP contribution in [-0.4, -0.2) is 21.6 Å². The van der Waals surface area contributed by atoms with Crippen molar-refractivity contribution in [2.24, 2.45) is 0 Å². The summed E-state index contributed by atoms with van der Waals surface area (Å²) in [5, 5.41) is 10.7. The minimum atomic E-state index is -0.715. The molecule has 1 aromatic carbocycles. The number of aromatic nitrogens is 1. The molecular weight excluding hydrogens is 282 g/mol. The number of benzene rings is 1. The van der Waals surface area contributed by atoms with Crippen LogP contribution in [0, 0.1) is 10.1 Å². The molecule has 0 saturated heterocycles. The Hall–Kier alpha value is -2.61. The van der Waals surface area contributed by atoms with Gasteiger partial charge >= 0.3 is 0 Å². The largest absolute Gasteiger partial charge is 0.299 e. The van der Waals surface area contributed by atoms with E-state index in [2.05, 4.69) is 4.98 Å². The van der Waals surface area contributed by atoms with Gasteiger partial charge in [-0.05, 0) is 6.07 Å². The number of amides is 1. The third kappa shape index (κ3) is 1.86. The molecule has 0 spiro atoms. The number of fused-ring (bicyclic) bond motifs is 1. The van der Waals surface area contributed by atoms with Crippen LogP contribution in [0.15, 0.2) is 29.9 Å². The lowest BCUT2D eigenvalue weighted by Crippen LogP contribution is -2.28. The molecule has 7 nitrogen and oxygen atoms in total. The second-order valence-corrected chi connectivity index (χ2v) is 5.12. The lowest BCUT2D eigenvalue weighted by molar-refractivity contribution is -0.384. The van der Waals surface area contributed by atoms with Crippen molar-refractivity contribution in [3.05, 3.63) is 50.5 Å². The standard InChI is InChI=1S/C12H7N3O4S/c16-11-9-3-7(15(18)19)1-2-10(9)14(12(11)17)5-8-4-13-6-20-8/h1-4,6H,5H2. The Morgan fingerprint density at radius 1 is 1.35 bits per heavy atom. The molecule has 2 aromatic rings. The number of rotatable bonds is 3. The molecule has 0 N–H and O–H groups in total. The molecule has 3 rings (SSSR count). The molecule has 2 heterocycles. The van der Waals surface area contributed by atoms with Gasteiger partial charge in [0, 0.05) is 23.2 Å². The Morgan fingerprint density at radius 3 is 2.80 bits per heavy atom. The molecule has 0 atom stereocenters. The fourth-order valence-corrected chi connectivity index (χ4v) is 2.62. The predicted octanol–water partition coefficient (Wildman–Crippen LogP) is 1.78. The van der Waals surface area contributed by atoms with Gasteiger partial charge in [-0.3, -0.25) is 29.6 Å². The van der Waals surface area contributed by atoms with Crippen molar-refractivity contribution in [3.8, 4) is 0 Å². The number of thiazole rings is 1. The highest BCUT2D eigenvalue weighted by Crippen LogP contribution is 2.33. The first kappa shape index (κ1) is 12.4. The third-order valence-corrected chi connectivity index (χ3v) is 3.73. The van der Waals surface area contributed by atoms with Gasteiger partial charge in [-0.25, -0.2) is 0 Å². The Balaban J connectivity index is 2.02. The highest BCUT2D eigenvalue weighted by Gasteiger charge is 2.37. The molecule has 0 bridgehead atoms. The van der Waals surface area contributed by atoms with E-state index in [1.54, 1.807) is 11.7 Å². The van der Waals surface area contributed by atoms with Crippen LogP contribution < -0.4 is 4.90 Å². The van der Waals surface area contributed by atoms with E-state index in [0.717, 1.165) is 10.9 Å². The second kappa shape index (κ2) is 4.49. The average molecular weight is 289 g/mol. The Morgan fingerprint density at radius 2 is 2.15 bits per heavy atom. The summed E-state index contributed by atoms with van der Waals surface area (Å²) < 4.78 is 0. The lowest BCUT2D eigenvalue weighted by atomic mass is 10.1. The minimum absolute atomic E-state index is 0.0775. The number of nitrogens with zero attached hydrogens (tertiary/aromatic N) is 3. The van der Waals surface area contributed by atoms with Crippen molar-refractivity contribution in [3.63, 3.8) is 0 Å². The van der Waals surface area contributed by atoms with Crippen LogP contribution in [0.25, 0.3) is 0 Å². The summed E-state index contributed by atoms with van der Waals surface area (Å²) in [6.45, 7) is 0.236. The highest BCUT2D eigenvalue weighted by molar-refractivity contribution is 7.09. The monoisotopic (exact) mass is 289 g/mol. The van der Waals surface area contributed by atoms with Gasteiger partial charge in [-0.2, -0.15) is 0 Å². The summed E-state index contributed by atoms with van der Waals surface area (Å²) in [4.78, 5) is 40.0. The maximum absolute atomic E-state index is 12.0. The van der Waals surface area contributed by atoms with Crippen molar-refractivity contribution >= 4 is 34.4 Å². The molecule has 1 aromatic heterocycles. The number of carbonyl (C=O) groups excluding carboxylic acids is 2. The molecule has 1 aliphatic rings. The van der Waals surface area contributed by atoms with Crippen molar-refractivity contribution in [1.29, 1.82) is 0 Å². The SMILES string of the molecule is O=C1C(=O)N(Cc2cncs2)c2ccc([N+](=O)[O-])cc21. The molecular formula is C12H7N3O4S. The van der Waals surface area contributed by atoms with Crippen molar-refractivity contribution in [2.75, 3.05) is 4.90 Å². The minimum Gasteiger partial charge on any atom is -0.299 e. The fraction of sp³-hybridized carbons (Fsp3) is 0.0833. The number of nitro groups is 1. The summed E-state index contributed by atoms with van der Waals surface area (Å²) in [5.74, 6) is -1.39. The van der Waals surface area contributed by atoms with Gasteiger partial charge in [0.05, 0.1) is 28.2 Å². The average Bonchev–Trinajstić information content (AvgIpc) is 3.02. The summed E-state index contributed by atoms with van der Waals surface area (Å²) in [6.07, 6.45) is 1.62. The van der Waals surface area contributed by atoms with E-state index in [-0.39, 0.29) is 17.8 Å². The first-order chi connectivity index (χ1) is 9.58. The summed E-state index contributed by atoms with van der Waals surface area (Å²) in [7, 11) is 0. The fourth-order valence-electron chi connectivity index (χ4n) is 2.04. The van der Waals surface area contributed by atoms with Crippen LogP contribution in [0.4, 0.5) is 11.4 Å². The maximum Gasteiger partial charge on any atom is 0.299 e. The van der Waals surface area contributed by atoms with E-state index in [9.17, 15) is 19.7 Å². The van der Waals surface area contributed by atoms with Crippen molar-refractivity contribution in [1.82, 2.24) is 4.98 Å². The first-order valence-electron chi connectivity index (χ1n) is 5.60. The van der Waals surface area contributed by atoms with Crippen molar-refractivity contribution < 1.29 is 14.5 Å². The topological polar surface area (TPSA) is 93.4 Å². The molecule has 100 valence electrons. The number of ketones is 1. The molecule has 0 fully saturated rings. The Kier molecular flexibility index (Phi) is 2.79. The normalized spacial score (nSPS) is 13.7. The number of carbonyl (C=O) groups is 2. The zero-order chi connectivity index (χ0) is 14.3. The van der Waals surface area contributed by atoms with Gasteiger partial charge in [0.15, 0.2) is 0 Å². The van der Waals surface area contributed by atoms with E-state index in [1.807, 2.05) is 0 Å². The smallest absolute Gasteiger partial charge is 0.299 e. The zero-order valence-electron chi connectivity index (χ0n) is 9.98. The van der Waals surface area contributed by atoms with Crippen LogP contribution >= 0.6 is 11.3 Å². The van der Waals surface area contributed by atoms with Gasteiger partial charge in [0.2, 0.25) is 0 Å². The van der Waals surface area contributed by atoms with Gasteiger partial charge in [0.1, 0.15) is 0 Å². The molecule has 0 aliphatic carbocycles. The van der Waals surface area contributed by atoms with Gasteiger partial charge < -0.3 is 0 Å². The molecule has 1 aliphatic heterocycles. The molecule has 1 amide bonds. The number of hydrogen-bond donors (Lipinski definition) is 0. The second-order valence-electron chi connectivity index (χ2n) is 4.15. The molecule has 8 heteroatoms. The highest BCUT2D eigenvalue weighted by atomic mass is 32.1. The number of anilines is 1. The zero-order valence-corrected chi connectivity index (χ0v) is 10.8. The lowest BCUT2D eigenvalue weighted by Gasteiger charge is -2.14. The first-order valence-corrected chi connectivity index (χ1v) is 6.48. The number of hydrogen-bond acceptors (Lipinski definition) is 6. The maximum atomic E-state index is 12.0. The van der Waals surface area contributed by atoms with Gasteiger partial charge in [-0.15, -0.1) is 11.3 Å². The number of Topliss-reactive ketones (excluding diaryl/α,β-unsaturated/α-hetero) is 1.